The molecule has 0 aliphatic heterocycles. The van der Waals surface area contributed by atoms with Crippen LogP contribution >= 0.6 is 0 Å². The molecule has 6 heteroatoms. The normalized spacial score (nSPS) is 13.8. The summed E-state index contributed by atoms with van der Waals surface area (Å²) in [5.41, 5.74) is 0.0447. The van der Waals surface area contributed by atoms with Crippen LogP contribution in [0.5, 0.6) is 0 Å². The van der Waals surface area contributed by atoms with E-state index >= 15 is 0 Å². The number of carbonyl (C=O) groups excluding carboxylic acids is 1. The number of aliphatic hydroxyl groups is 1. The molecule has 2 aromatic rings. The maximum absolute atomic E-state index is 11.9. The van der Waals surface area contributed by atoms with Crippen molar-refractivity contribution >= 4 is 5.91 Å². The molecule has 6 nitrogen and oxygen atoms in total. The number of rotatable bonds is 5. The highest BCUT2D eigenvalue weighted by Gasteiger charge is 2.27. The molecule has 0 spiro atoms. The van der Waals surface area contributed by atoms with Crippen LogP contribution in [0.15, 0.2) is 42.7 Å². The molecule has 0 saturated heterocycles. The Morgan fingerprint density at radius 2 is 2.16 bits per heavy atom. The average molecular weight is 260 g/mol. The van der Waals surface area contributed by atoms with Crippen LogP contribution in [0, 0.1) is 0 Å². The first-order chi connectivity index (χ1) is 9.14. The summed E-state index contributed by atoms with van der Waals surface area (Å²) in [6.45, 7) is 1.67. The molecule has 19 heavy (non-hydrogen) atoms. The second kappa shape index (κ2) is 5.62. The van der Waals surface area contributed by atoms with E-state index in [1.807, 2.05) is 30.3 Å². The molecule has 0 aliphatic rings. The predicted octanol–water partition coefficient (Wildman–Crippen LogP) is 0.302. The Balaban J connectivity index is 2.08. The molecule has 100 valence electrons. The van der Waals surface area contributed by atoms with Crippen molar-refractivity contribution in [3.63, 3.8) is 0 Å². The SMILES string of the molecule is CC(CO)(NC(=O)Cn1ccnn1)c1ccccc1. The van der Waals surface area contributed by atoms with Crippen molar-refractivity contribution in [1.29, 1.82) is 0 Å². The number of hydrogen-bond donors (Lipinski definition) is 2. The van der Waals surface area contributed by atoms with E-state index in [9.17, 15) is 9.90 Å². The van der Waals surface area contributed by atoms with Crippen molar-refractivity contribution in [3.05, 3.63) is 48.3 Å². The molecule has 1 aromatic carbocycles. The maximum atomic E-state index is 11.9. The predicted molar refractivity (Wildman–Crippen MR) is 69.0 cm³/mol. The van der Waals surface area contributed by atoms with E-state index in [4.69, 9.17) is 0 Å². The van der Waals surface area contributed by atoms with Gasteiger partial charge in [0, 0.05) is 6.20 Å². The zero-order chi connectivity index (χ0) is 13.7. The fraction of sp³-hybridized carbons (Fsp3) is 0.308. The Labute approximate surface area is 111 Å². The minimum Gasteiger partial charge on any atom is -0.394 e. The minimum absolute atomic E-state index is 0.0718. The topological polar surface area (TPSA) is 80.0 Å². The van der Waals surface area contributed by atoms with Crippen LogP contribution in [-0.4, -0.2) is 32.6 Å². The third kappa shape index (κ3) is 3.17. The number of nitrogens with one attached hydrogen (secondary N) is 1. The van der Waals surface area contributed by atoms with Gasteiger partial charge >= 0.3 is 0 Å². The van der Waals surface area contributed by atoms with Gasteiger partial charge in [0.1, 0.15) is 6.54 Å². The van der Waals surface area contributed by atoms with Crippen LogP contribution in [0.25, 0.3) is 0 Å². The van der Waals surface area contributed by atoms with E-state index in [1.165, 1.54) is 10.9 Å². The zero-order valence-electron chi connectivity index (χ0n) is 10.7. The molecule has 1 atom stereocenters. The molecule has 1 unspecified atom stereocenters. The Kier molecular flexibility index (Phi) is 3.91. The van der Waals surface area contributed by atoms with E-state index in [1.54, 1.807) is 13.1 Å². The third-order valence-electron chi connectivity index (χ3n) is 2.92. The molecular weight excluding hydrogens is 244 g/mol. The summed E-state index contributed by atoms with van der Waals surface area (Å²) in [5, 5.41) is 19.7. The monoisotopic (exact) mass is 260 g/mol. The summed E-state index contributed by atoms with van der Waals surface area (Å²) in [6.07, 6.45) is 3.12. The lowest BCUT2D eigenvalue weighted by Crippen LogP contribution is -2.47. The number of hydrogen-bond acceptors (Lipinski definition) is 4. The Morgan fingerprint density at radius 1 is 1.42 bits per heavy atom. The molecule has 0 fully saturated rings. The third-order valence-corrected chi connectivity index (χ3v) is 2.92. The van der Waals surface area contributed by atoms with Crippen molar-refractivity contribution in [2.24, 2.45) is 0 Å². The smallest absolute Gasteiger partial charge is 0.242 e. The second-order valence-corrected chi connectivity index (χ2v) is 4.51. The first-order valence-electron chi connectivity index (χ1n) is 5.95. The molecule has 2 rings (SSSR count). The van der Waals surface area contributed by atoms with Crippen molar-refractivity contribution in [1.82, 2.24) is 20.3 Å². The van der Waals surface area contributed by atoms with Crippen molar-refractivity contribution < 1.29 is 9.90 Å². The quantitative estimate of drug-likeness (QED) is 0.810. The lowest BCUT2D eigenvalue weighted by Gasteiger charge is -2.29. The summed E-state index contributed by atoms with van der Waals surface area (Å²) in [5.74, 6) is -0.231. The Morgan fingerprint density at radius 3 is 2.74 bits per heavy atom. The van der Waals surface area contributed by atoms with E-state index in [2.05, 4.69) is 15.6 Å². The highest BCUT2D eigenvalue weighted by molar-refractivity contribution is 5.76. The minimum atomic E-state index is -0.807. The lowest BCUT2D eigenvalue weighted by atomic mass is 9.93. The van der Waals surface area contributed by atoms with Gasteiger partial charge in [-0.3, -0.25) is 4.79 Å². The number of carbonyl (C=O) groups is 1. The van der Waals surface area contributed by atoms with Crippen molar-refractivity contribution in [3.8, 4) is 0 Å². The van der Waals surface area contributed by atoms with Crippen LogP contribution < -0.4 is 5.32 Å². The van der Waals surface area contributed by atoms with Gasteiger partial charge in [-0.05, 0) is 12.5 Å². The van der Waals surface area contributed by atoms with Gasteiger partial charge in [0.15, 0.2) is 0 Å². The van der Waals surface area contributed by atoms with Crippen LogP contribution in [0.1, 0.15) is 12.5 Å². The second-order valence-electron chi connectivity index (χ2n) is 4.51. The standard InChI is InChI=1S/C13H16N4O2/c1-13(10-18,11-5-3-2-4-6-11)15-12(19)9-17-8-7-14-16-17/h2-8,18H,9-10H2,1H3,(H,15,19). The number of amides is 1. The van der Waals surface area contributed by atoms with E-state index in [-0.39, 0.29) is 19.1 Å². The van der Waals surface area contributed by atoms with Gasteiger partial charge in [0.2, 0.25) is 5.91 Å². The zero-order valence-corrected chi connectivity index (χ0v) is 10.7. The molecular formula is C13H16N4O2. The molecule has 0 bridgehead atoms. The van der Waals surface area contributed by atoms with Crippen LogP contribution in [-0.2, 0) is 16.9 Å². The van der Waals surface area contributed by atoms with E-state index < -0.39 is 5.54 Å². The van der Waals surface area contributed by atoms with Gasteiger partial charge in [-0.15, -0.1) is 5.10 Å². The Hall–Kier alpha value is -2.21. The summed E-state index contributed by atoms with van der Waals surface area (Å²) in [6, 6.07) is 9.36. The van der Waals surface area contributed by atoms with Crippen molar-refractivity contribution in [2.75, 3.05) is 6.61 Å². The largest absolute Gasteiger partial charge is 0.394 e. The van der Waals surface area contributed by atoms with E-state index in [0.29, 0.717) is 0 Å². The Bertz CT molecular complexity index is 527. The van der Waals surface area contributed by atoms with Gasteiger partial charge in [-0.2, -0.15) is 0 Å². The van der Waals surface area contributed by atoms with Crippen LogP contribution in [0.2, 0.25) is 0 Å². The number of nitrogens with zero attached hydrogens (tertiary/aromatic N) is 3. The number of benzene rings is 1. The summed E-state index contributed by atoms with van der Waals surface area (Å²) >= 11 is 0. The molecule has 1 amide bonds. The van der Waals surface area contributed by atoms with Crippen LogP contribution in [0.3, 0.4) is 0 Å². The number of aliphatic hydroxyl groups excluding tert-OH is 1. The summed E-state index contributed by atoms with van der Waals surface area (Å²) < 4.78 is 1.43. The average Bonchev–Trinajstić information content (AvgIpc) is 2.92. The fourth-order valence-corrected chi connectivity index (χ4v) is 1.82. The van der Waals surface area contributed by atoms with Gasteiger partial charge in [-0.25, -0.2) is 4.68 Å². The number of aromatic nitrogens is 3. The highest BCUT2D eigenvalue weighted by Crippen LogP contribution is 2.19. The molecule has 1 aromatic heterocycles. The summed E-state index contributed by atoms with van der Waals surface area (Å²) in [7, 11) is 0. The molecule has 0 aliphatic carbocycles. The highest BCUT2D eigenvalue weighted by atomic mass is 16.3. The summed E-state index contributed by atoms with van der Waals surface area (Å²) in [4.78, 5) is 11.9. The molecule has 1 heterocycles. The molecule has 0 radical (unpaired) electrons. The first kappa shape index (κ1) is 13.2. The first-order valence-corrected chi connectivity index (χ1v) is 5.95. The fourth-order valence-electron chi connectivity index (χ4n) is 1.82. The van der Waals surface area contributed by atoms with Gasteiger partial charge in [-0.1, -0.05) is 35.5 Å². The molecule has 2 N–H and O–H groups in total. The van der Waals surface area contributed by atoms with Crippen LogP contribution in [0.4, 0.5) is 0 Å². The van der Waals surface area contributed by atoms with E-state index in [0.717, 1.165) is 5.56 Å². The molecule has 0 saturated carbocycles. The van der Waals surface area contributed by atoms with Gasteiger partial charge in [0.25, 0.3) is 0 Å². The maximum Gasteiger partial charge on any atom is 0.242 e. The van der Waals surface area contributed by atoms with Crippen molar-refractivity contribution in [2.45, 2.75) is 19.0 Å². The van der Waals surface area contributed by atoms with Gasteiger partial charge in [0.05, 0.1) is 18.3 Å². The lowest BCUT2D eigenvalue weighted by molar-refractivity contribution is -0.124. The van der Waals surface area contributed by atoms with Gasteiger partial charge < -0.3 is 10.4 Å².